The molecule has 0 fully saturated rings. The molecule has 3 heteroatoms. The van der Waals surface area contributed by atoms with Crippen LogP contribution in [0.25, 0.3) is 121 Å². The molecule has 0 N–H and O–H groups in total. The first-order valence-electron chi connectivity index (χ1n) is 20.4. The van der Waals surface area contributed by atoms with Crippen LogP contribution in [0.3, 0.4) is 0 Å². The molecule has 2 aromatic heterocycles. The van der Waals surface area contributed by atoms with Gasteiger partial charge in [0.2, 0.25) is 0 Å². The van der Waals surface area contributed by atoms with Crippen LogP contribution in [0.2, 0.25) is 0 Å². The number of hydrogen-bond donors (Lipinski definition) is 0. The Bertz CT molecular complexity index is 3580. The normalized spacial score (nSPS) is 11.7. The van der Waals surface area contributed by atoms with Gasteiger partial charge in [-0.1, -0.05) is 176 Å². The summed E-state index contributed by atoms with van der Waals surface area (Å²) in [7, 11) is 0. The van der Waals surface area contributed by atoms with Gasteiger partial charge >= 0.3 is 0 Å². The van der Waals surface area contributed by atoms with Gasteiger partial charge in [0.05, 0.1) is 22.6 Å². The zero-order valence-electron chi connectivity index (χ0n) is 32.5. The number of rotatable bonds is 5. The molecule has 10 aromatic carbocycles. The fraction of sp³-hybridized carbons (Fsp3) is 0. The lowest BCUT2D eigenvalue weighted by atomic mass is 9.89. The minimum Gasteiger partial charge on any atom is -0.247 e. The third-order valence-electron chi connectivity index (χ3n) is 12.0. The van der Waals surface area contributed by atoms with Gasteiger partial charge in [0.25, 0.3) is 0 Å². The number of aromatic nitrogens is 3. The number of nitrogens with zero attached hydrogens (tertiary/aromatic N) is 3. The number of para-hydroxylation sites is 1. The molecule has 12 aromatic rings. The van der Waals surface area contributed by atoms with Gasteiger partial charge in [-0.3, -0.25) is 0 Å². The smallest absolute Gasteiger partial charge is 0.160 e. The van der Waals surface area contributed by atoms with Crippen LogP contribution in [0.4, 0.5) is 0 Å². The Kier molecular flexibility index (Phi) is 7.85. The fourth-order valence-electron chi connectivity index (χ4n) is 9.09. The lowest BCUT2D eigenvalue weighted by Gasteiger charge is -2.16. The summed E-state index contributed by atoms with van der Waals surface area (Å²) >= 11 is 0. The average molecular weight is 762 g/mol. The van der Waals surface area contributed by atoms with Crippen LogP contribution in [-0.4, -0.2) is 15.0 Å². The van der Waals surface area contributed by atoms with Gasteiger partial charge in [-0.05, 0) is 90.6 Å². The van der Waals surface area contributed by atoms with E-state index in [0.717, 1.165) is 61.4 Å². The van der Waals surface area contributed by atoms with E-state index in [1.165, 1.54) is 53.9 Å². The van der Waals surface area contributed by atoms with Crippen molar-refractivity contribution in [3.63, 3.8) is 0 Å². The maximum absolute atomic E-state index is 5.43. The van der Waals surface area contributed by atoms with Crippen molar-refractivity contribution in [1.82, 2.24) is 15.0 Å². The van der Waals surface area contributed by atoms with E-state index in [1.807, 2.05) is 0 Å². The summed E-state index contributed by atoms with van der Waals surface area (Å²) < 4.78 is 0. The Morgan fingerprint density at radius 1 is 0.250 bits per heavy atom. The standard InChI is InChI=1S/C57H35N3/c1-3-15-38-31-42(29-27-36(38)13-1)52-35-53(43-30-28-37-14-2-4-16-39(37)32-43)60-57(59-52)45-20-12-18-41(34-45)40-17-11-19-44(33-40)56-55-49-24-8-6-22-47(49)46-21-5-7-23-48(46)54(55)50-25-9-10-26-51(50)58-56/h1-35H. The van der Waals surface area contributed by atoms with Crippen molar-refractivity contribution >= 4 is 64.8 Å². The Morgan fingerprint density at radius 2 is 0.717 bits per heavy atom. The summed E-state index contributed by atoms with van der Waals surface area (Å²) in [5.74, 6) is 0.683. The van der Waals surface area contributed by atoms with E-state index >= 15 is 0 Å². The van der Waals surface area contributed by atoms with Gasteiger partial charge in [-0.15, -0.1) is 0 Å². The second-order valence-corrected chi connectivity index (χ2v) is 15.6. The van der Waals surface area contributed by atoms with Crippen molar-refractivity contribution < 1.29 is 0 Å². The van der Waals surface area contributed by atoms with Crippen LogP contribution in [0.15, 0.2) is 212 Å². The molecule has 0 spiro atoms. The maximum Gasteiger partial charge on any atom is 0.160 e. The van der Waals surface area contributed by atoms with E-state index in [4.69, 9.17) is 15.0 Å². The van der Waals surface area contributed by atoms with E-state index in [2.05, 4.69) is 212 Å². The van der Waals surface area contributed by atoms with Gasteiger partial charge in [0, 0.05) is 38.4 Å². The molecule has 3 nitrogen and oxygen atoms in total. The summed E-state index contributed by atoms with van der Waals surface area (Å²) in [6, 6.07) is 75.7. The summed E-state index contributed by atoms with van der Waals surface area (Å²) in [5, 5.41) is 13.3. The average Bonchev–Trinajstić information content (AvgIpc) is 3.33. The topological polar surface area (TPSA) is 38.7 Å². The molecule has 12 rings (SSSR count). The Balaban J connectivity index is 1.02. The Labute approximate surface area is 346 Å². The molecule has 278 valence electrons. The van der Waals surface area contributed by atoms with Crippen molar-refractivity contribution in [1.29, 1.82) is 0 Å². The molecule has 0 unspecified atom stereocenters. The van der Waals surface area contributed by atoms with E-state index < -0.39 is 0 Å². The zero-order valence-corrected chi connectivity index (χ0v) is 32.5. The molecule has 2 heterocycles. The zero-order chi connectivity index (χ0) is 39.6. The van der Waals surface area contributed by atoms with Crippen LogP contribution in [-0.2, 0) is 0 Å². The largest absolute Gasteiger partial charge is 0.247 e. The highest BCUT2D eigenvalue weighted by molar-refractivity contribution is 6.33. The first-order valence-corrected chi connectivity index (χ1v) is 20.4. The van der Waals surface area contributed by atoms with Gasteiger partial charge in [-0.2, -0.15) is 0 Å². The molecule has 0 aliphatic heterocycles. The molecule has 60 heavy (non-hydrogen) atoms. The number of pyridine rings is 1. The monoisotopic (exact) mass is 761 g/mol. The van der Waals surface area contributed by atoms with Crippen LogP contribution in [0.5, 0.6) is 0 Å². The molecule has 0 aliphatic carbocycles. The van der Waals surface area contributed by atoms with Crippen molar-refractivity contribution in [3.05, 3.63) is 212 Å². The molecule has 0 aliphatic rings. The highest BCUT2D eigenvalue weighted by Crippen LogP contribution is 2.43. The maximum atomic E-state index is 5.43. The quantitative estimate of drug-likeness (QED) is 0.164. The molecule has 0 amide bonds. The van der Waals surface area contributed by atoms with E-state index in [1.54, 1.807) is 0 Å². The van der Waals surface area contributed by atoms with E-state index in [-0.39, 0.29) is 0 Å². The SMILES string of the molecule is c1cc(-c2cccc(-c3nc4ccccc4c4c5ccccc5c5ccccc5c34)c2)cc(-c2nc(-c3ccc4ccccc4c3)cc(-c3ccc4ccccc4c3)n2)c1. The summed E-state index contributed by atoms with van der Waals surface area (Å²) in [5.41, 5.74) is 10.1. The van der Waals surface area contributed by atoms with Crippen molar-refractivity contribution in [2.45, 2.75) is 0 Å². The number of benzene rings is 10. The third-order valence-corrected chi connectivity index (χ3v) is 12.0. The fourth-order valence-corrected chi connectivity index (χ4v) is 9.09. The second-order valence-electron chi connectivity index (χ2n) is 15.6. The number of hydrogen-bond acceptors (Lipinski definition) is 3. The molecular formula is C57H35N3. The minimum atomic E-state index is 0.683. The van der Waals surface area contributed by atoms with Crippen LogP contribution in [0.1, 0.15) is 0 Å². The molecule has 0 atom stereocenters. The second kappa shape index (κ2) is 13.8. The summed E-state index contributed by atoms with van der Waals surface area (Å²) in [6.45, 7) is 0. The molecule has 0 saturated carbocycles. The molecular weight excluding hydrogens is 727 g/mol. The first-order chi connectivity index (χ1) is 29.7. The minimum absolute atomic E-state index is 0.683. The highest BCUT2D eigenvalue weighted by atomic mass is 14.9. The van der Waals surface area contributed by atoms with Gasteiger partial charge in [0.15, 0.2) is 5.82 Å². The summed E-state index contributed by atoms with van der Waals surface area (Å²) in [6.07, 6.45) is 0. The van der Waals surface area contributed by atoms with Crippen molar-refractivity contribution in [2.24, 2.45) is 0 Å². The Morgan fingerprint density at radius 3 is 1.33 bits per heavy atom. The predicted octanol–water partition coefficient (Wildman–Crippen LogP) is 15.1. The summed E-state index contributed by atoms with van der Waals surface area (Å²) in [4.78, 5) is 16.0. The van der Waals surface area contributed by atoms with Gasteiger partial charge in [0.1, 0.15) is 0 Å². The molecule has 0 bridgehead atoms. The molecule has 0 radical (unpaired) electrons. The van der Waals surface area contributed by atoms with Gasteiger partial charge < -0.3 is 0 Å². The van der Waals surface area contributed by atoms with E-state index in [9.17, 15) is 0 Å². The van der Waals surface area contributed by atoms with Gasteiger partial charge in [-0.25, -0.2) is 15.0 Å². The van der Waals surface area contributed by atoms with Crippen molar-refractivity contribution in [2.75, 3.05) is 0 Å². The van der Waals surface area contributed by atoms with Crippen LogP contribution < -0.4 is 0 Å². The number of fused-ring (bicyclic) bond motifs is 10. The van der Waals surface area contributed by atoms with Crippen LogP contribution in [0, 0.1) is 0 Å². The van der Waals surface area contributed by atoms with Crippen LogP contribution >= 0.6 is 0 Å². The Hall–Kier alpha value is -8.01. The lowest BCUT2D eigenvalue weighted by Crippen LogP contribution is -1.96. The lowest BCUT2D eigenvalue weighted by molar-refractivity contribution is 1.18. The van der Waals surface area contributed by atoms with Crippen molar-refractivity contribution in [3.8, 4) is 56.3 Å². The highest BCUT2D eigenvalue weighted by Gasteiger charge is 2.18. The molecule has 0 saturated heterocycles. The third kappa shape index (κ3) is 5.71. The van der Waals surface area contributed by atoms with E-state index in [0.29, 0.717) is 5.82 Å². The predicted molar refractivity (Wildman–Crippen MR) is 252 cm³/mol. The first kappa shape index (κ1) is 34.1.